The molecule has 4 nitrogen and oxygen atoms in total. The zero-order valence-corrected chi connectivity index (χ0v) is 10.0. The van der Waals surface area contributed by atoms with Gasteiger partial charge < -0.3 is 14.6 Å². The van der Waals surface area contributed by atoms with Gasteiger partial charge in [0.05, 0.1) is 11.5 Å². The average Bonchev–Trinajstić information content (AvgIpc) is 2.33. The van der Waals surface area contributed by atoms with E-state index < -0.39 is 11.9 Å². The molecule has 0 radical (unpaired) electrons. The minimum absolute atomic E-state index is 0. The smallest absolute Gasteiger partial charge is 0.545 e. The Labute approximate surface area is 101 Å². The van der Waals surface area contributed by atoms with E-state index in [1.807, 2.05) is 0 Å². The molecule has 0 saturated heterocycles. The summed E-state index contributed by atoms with van der Waals surface area (Å²) in [5.41, 5.74) is -0.0878. The quantitative estimate of drug-likeness (QED) is 0.385. The third-order valence-electron chi connectivity index (χ3n) is 1.10. The molecule has 0 aliphatic rings. The number of hydrogen-bond donors (Lipinski definition) is 0. The molecule has 1 aromatic heterocycles. The van der Waals surface area contributed by atoms with Crippen LogP contribution in [0.4, 0.5) is 0 Å². The Kier molecular flexibility index (Phi) is 5.24. The minimum Gasteiger partial charge on any atom is -0.545 e. The van der Waals surface area contributed by atoms with Crippen LogP contribution in [0.25, 0.3) is 0 Å². The SMILES string of the molecule is CC(=O)Oc1cscc1C(=O)[O-].[Na+]. The number of carboxylic acid groups (broad SMARTS) is 1. The number of ether oxygens (including phenoxy) is 1. The van der Waals surface area contributed by atoms with Gasteiger partial charge in [-0.05, 0) is 0 Å². The summed E-state index contributed by atoms with van der Waals surface area (Å²) in [6.07, 6.45) is 0. The van der Waals surface area contributed by atoms with E-state index in [-0.39, 0.29) is 40.9 Å². The molecule has 0 atom stereocenters. The van der Waals surface area contributed by atoms with Crippen molar-refractivity contribution in [1.82, 2.24) is 0 Å². The zero-order chi connectivity index (χ0) is 9.14. The largest absolute Gasteiger partial charge is 1.00 e. The van der Waals surface area contributed by atoms with E-state index >= 15 is 0 Å². The van der Waals surface area contributed by atoms with Crippen molar-refractivity contribution in [2.45, 2.75) is 6.92 Å². The molecule has 0 saturated carbocycles. The molecule has 0 fully saturated rings. The Morgan fingerprint density at radius 2 is 2.08 bits per heavy atom. The zero-order valence-electron chi connectivity index (χ0n) is 7.20. The van der Waals surface area contributed by atoms with Crippen LogP contribution >= 0.6 is 11.3 Å². The first kappa shape index (κ1) is 12.6. The Balaban J connectivity index is 0.00000144. The molecule has 1 aromatic rings. The number of rotatable bonds is 2. The predicted molar refractivity (Wildman–Crippen MR) is 40.0 cm³/mol. The van der Waals surface area contributed by atoms with Crippen molar-refractivity contribution < 1.29 is 49.0 Å². The number of carboxylic acids is 1. The molecular formula is C7H5NaO4S. The molecule has 1 rings (SSSR count). The van der Waals surface area contributed by atoms with Gasteiger partial charge in [0.2, 0.25) is 0 Å². The van der Waals surface area contributed by atoms with Crippen LogP contribution in [0, 0.1) is 0 Å². The number of aromatic carboxylic acids is 1. The molecule has 6 heteroatoms. The fraction of sp³-hybridized carbons (Fsp3) is 0.143. The summed E-state index contributed by atoms with van der Waals surface area (Å²) in [4.78, 5) is 20.8. The van der Waals surface area contributed by atoms with Crippen LogP contribution in [0.2, 0.25) is 0 Å². The fourth-order valence-electron chi connectivity index (χ4n) is 0.668. The molecule has 0 amide bonds. The van der Waals surface area contributed by atoms with Crippen LogP contribution in [0.15, 0.2) is 10.8 Å². The molecule has 13 heavy (non-hydrogen) atoms. The Bertz CT molecular complexity index is 320. The first-order valence-corrected chi connectivity index (χ1v) is 4.01. The number of carbonyl (C=O) groups is 2. The van der Waals surface area contributed by atoms with Gasteiger partial charge in [-0.25, -0.2) is 0 Å². The van der Waals surface area contributed by atoms with Crippen molar-refractivity contribution in [3.8, 4) is 5.75 Å². The van der Waals surface area contributed by atoms with Crippen LogP contribution in [0.1, 0.15) is 17.3 Å². The molecule has 0 N–H and O–H groups in total. The first-order valence-electron chi connectivity index (χ1n) is 3.07. The number of esters is 1. The van der Waals surface area contributed by atoms with Crippen LogP contribution in [0.5, 0.6) is 5.75 Å². The Hall–Kier alpha value is -0.360. The number of hydrogen-bond acceptors (Lipinski definition) is 5. The maximum atomic E-state index is 10.5. The molecule has 0 aromatic carbocycles. The second-order valence-electron chi connectivity index (χ2n) is 2.03. The fourth-order valence-corrected chi connectivity index (χ4v) is 1.38. The van der Waals surface area contributed by atoms with Gasteiger partial charge in [0.25, 0.3) is 0 Å². The van der Waals surface area contributed by atoms with Crippen molar-refractivity contribution in [1.29, 1.82) is 0 Å². The van der Waals surface area contributed by atoms with Gasteiger partial charge >= 0.3 is 35.5 Å². The monoisotopic (exact) mass is 208 g/mol. The van der Waals surface area contributed by atoms with E-state index in [1.165, 1.54) is 17.7 Å². The van der Waals surface area contributed by atoms with Gasteiger partial charge in [-0.3, -0.25) is 4.79 Å². The van der Waals surface area contributed by atoms with E-state index in [1.54, 1.807) is 0 Å². The van der Waals surface area contributed by atoms with Crippen molar-refractivity contribution in [3.63, 3.8) is 0 Å². The van der Waals surface area contributed by atoms with Crippen LogP contribution in [0.3, 0.4) is 0 Å². The first-order chi connectivity index (χ1) is 5.61. The molecule has 0 aliphatic carbocycles. The van der Waals surface area contributed by atoms with E-state index in [0.717, 1.165) is 11.3 Å². The van der Waals surface area contributed by atoms with Crippen molar-refractivity contribution in [2.75, 3.05) is 0 Å². The van der Waals surface area contributed by atoms with Gasteiger partial charge in [-0.2, -0.15) is 0 Å². The number of thiophene rings is 1. The molecule has 0 unspecified atom stereocenters. The summed E-state index contributed by atoms with van der Waals surface area (Å²) in [5.74, 6) is -1.84. The molecule has 1 heterocycles. The summed E-state index contributed by atoms with van der Waals surface area (Å²) in [5, 5.41) is 13.2. The van der Waals surface area contributed by atoms with E-state index in [9.17, 15) is 14.7 Å². The van der Waals surface area contributed by atoms with Gasteiger partial charge in [0.1, 0.15) is 0 Å². The van der Waals surface area contributed by atoms with E-state index in [2.05, 4.69) is 4.74 Å². The molecule has 0 bridgehead atoms. The van der Waals surface area contributed by atoms with Crippen molar-refractivity contribution in [3.05, 3.63) is 16.3 Å². The predicted octanol–water partition coefficient (Wildman–Crippen LogP) is -2.96. The van der Waals surface area contributed by atoms with E-state index in [0.29, 0.717) is 0 Å². The van der Waals surface area contributed by atoms with E-state index in [4.69, 9.17) is 0 Å². The average molecular weight is 208 g/mol. The second-order valence-corrected chi connectivity index (χ2v) is 2.77. The maximum absolute atomic E-state index is 10.5. The van der Waals surface area contributed by atoms with Crippen LogP contribution in [-0.2, 0) is 4.79 Å². The maximum Gasteiger partial charge on any atom is 1.00 e. The third-order valence-corrected chi connectivity index (χ3v) is 1.82. The topological polar surface area (TPSA) is 66.4 Å². The standard InChI is InChI=1S/C7H6O4S.Na/c1-4(8)11-6-3-12-2-5(6)7(9)10;/h2-3H,1H3,(H,9,10);/q;+1/p-1. The summed E-state index contributed by atoms with van der Waals surface area (Å²) >= 11 is 1.14. The Morgan fingerprint density at radius 1 is 1.46 bits per heavy atom. The van der Waals surface area contributed by atoms with Gasteiger partial charge in [0, 0.05) is 17.7 Å². The Morgan fingerprint density at radius 3 is 2.54 bits per heavy atom. The molecule has 0 aliphatic heterocycles. The molecule has 64 valence electrons. The molecular weight excluding hydrogens is 203 g/mol. The second kappa shape index (κ2) is 5.39. The van der Waals surface area contributed by atoms with Crippen molar-refractivity contribution >= 4 is 23.3 Å². The van der Waals surface area contributed by atoms with Crippen LogP contribution < -0.4 is 39.4 Å². The number of carbonyl (C=O) groups excluding carboxylic acids is 2. The minimum atomic E-state index is -1.34. The van der Waals surface area contributed by atoms with Gasteiger partial charge in [-0.1, -0.05) is 0 Å². The summed E-state index contributed by atoms with van der Waals surface area (Å²) in [6, 6.07) is 0. The summed E-state index contributed by atoms with van der Waals surface area (Å²) < 4.78 is 4.60. The normalized spacial score (nSPS) is 8.69. The summed E-state index contributed by atoms with van der Waals surface area (Å²) in [7, 11) is 0. The van der Waals surface area contributed by atoms with Gasteiger partial charge in [0.15, 0.2) is 5.75 Å². The summed E-state index contributed by atoms with van der Waals surface area (Å²) in [6.45, 7) is 1.21. The van der Waals surface area contributed by atoms with Gasteiger partial charge in [-0.15, -0.1) is 11.3 Å². The molecule has 0 spiro atoms. The van der Waals surface area contributed by atoms with Crippen LogP contribution in [-0.4, -0.2) is 11.9 Å². The third kappa shape index (κ3) is 3.48. The van der Waals surface area contributed by atoms with Crippen molar-refractivity contribution in [2.24, 2.45) is 0 Å².